The summed E-state index contributed by atoms with van der Waals surface area (Å²) >= 11 is 1.76. The Labute approximate surface area is 172 Å². The van der Waals surface area contributed by atoms with Gasteiger partial charge >= 0.3 is 0 Å². The lowest BCUT2D eigenvalue weighted by Gasteiger charge is -2.37. The van der Waals surface area contributed by atoms with E-state index in [-0.39, 0.29) is 0 Å². The SMILES string of the molecule is CCN(CC)C(CNC(=NC)N1CCN(c2ncccn2)CC1)c1ccsc1. The van der Waals surface area contributed by atoms with E-state index in [2.05, 4.69) is 65.7 Å². The fourth-order valence-electron chi connectivity index (χ4n) is 3.68. The molecule has 0 amide bonds. The van der Waals surface area contributed by atoms with Crippen LogP contribution in [-0.4, -0.2) is 78.6 Å². The maximum atomic E-state index is 4.54. The molecule has 0 spiro atoms. The van der Waals surface area contributed by atoms with E-state index in [4.69, 9.17) is 0 Å². The van der Waals surface area contributed by atoms with Gasteiger partial charge in [-0.05, 0) is 41.5 Å². The summed E-state index contributed by atoms with van der Waals surface area (Å²) in [6, 6.07) is 4.44. The molecule has 0 radical (unpaired) electrons. The number of hydrogen-bond donors (Lipinski definition) is 1. The van der Waals surface area contributed by atoms with Gasteiger partial charge in [-0.1, -0.05) is 13.8 Å². The predicted octanol–water partition coefficient (Wildman–Crippen LogP) is 2.32. The molecule has 1 N–H and O–H groups in total. The van der Waals surface area contributed by atoms with Crippen molar-refractivity contribution >= 4 is 23.2 Å². The first kappa shape index (κ1) is 20.5. The Kier molecular flexibility index (Phi) is 7.62. The second kappa shape index (κ2) is 10.4. The molecule has 2 aromatic rings. The van der Waals surface area contributed by atoms with E-state index in [1.807, 2.05) is 13.1 Å². The Balaban J connectivity index is 1.58. The van der Waals surface area contributed by atoms with Crippen molar-refractivity contribution in [3.8, 4) is 0 Å². The highest BCUT2D eigenvalue weighted by Gasteiger charge is 2.23. The third kappa shape index (κ3) is 4.99. The van der Waals surface area contributed by atoms with Crippen molar-refractivity contribution < 1.29 is 0 Å². The number of anilines is 1. The van der Waals surface area contributed by atoms with Crippen LogP contribution in [0.1, 0.15) is 25.5 Å². The number of rotatable bonds is 7. The normalized spacial score (nSPS) is 16.5. The molecule has 0 saturated carbocycles. The van der Waals surface area contributed by atoms with E-state index in [1.165, 1.54) is 5.56 Å². The number of likely N-dealkylation sites (N-methyl/N-ethyl adjacent to an activating group) is 1. The maximum Gasteiger partial charge on any atom is 0.225 e. The molecule has 1 atom stereocenters. The number of aliphatic imine (C=N–C) groups is 1. The van der Waals surface area contributed by atoms with Gasteiger partial charge in [0.2, 0.25) is 5.95 Å². The number of nitrogens with zero attached hydrogens (tertiary/aromatic N) is 6. The average Bonchev–Trinajstić information content (AvgIpc) is 3.29. The van der Waals surface area contributed by atoms with Crippen molar-refractivity contribution in [2.75, 3.05) is 57.8 Å². The van der Waals surface area contributed by atoms with Gasteiger partial charge in [-0.2, -0.15) is 11.3 Å². The van der Waals surface area contributed by atoms with Gasteiger partial charge in [0, 0.05) is 52.2 Å². The van der Waals surface area contributed by atoms with Crippen LogP contribution >= 0.6 is 11.3 Å². The van der Waals surface area contributed by atoms with Crippen LogP contribution in [0.3, 0.4) is 0 Å². The van der Waals surface area contributed by atoms with Crippen LogP contribution in [0.2, 0.25) is 0 Å². The molecular formula is C20H31N7S. The summed E-state index contributed by atoms with van der Waals surface area (Å²) in [5.74, 6) is 1.78. The van der Waals surface area contributed by atoms with E-state index in [0.29, 0.717) is 6.04 Å². The molecule has 1 aliphatic heterocycles. The Morgan fingerprint density at radius 1 is 1.21 bits per heavy atom. The molecule has 0 aromatic carbocycles. The Hall–Kier alpha value is -2.19. The van der Waals surface area contributed by atoms with Crippen LogP contribution in [0.4, 0.5) is 5.95 Å². The molecule has 7 nitrogen and oxygen atoms in total. The molecule has 3 rings (SSSR count). The zero-order valence-corrected chi connectivity index (χ0v) is 17.9. The summed E-state index contributed by atoms with van der Waals surface area (Å²) < 4.78 is 0. The molecule has 0 aliphatic carbocycles. The summed E-state index contributed by atoms with van der Waals surface area (Å²) in [5.41, 5.74) is 1.38. The third-order valence-electron chi connectivity index (χ3n) is 5.26. The zero-order valence-electron chi connectivity index (χ0n) is 17.1. The number of thiophene rings is 1. The summed E-state index contributed by atoms with van der Waals surface area (Å²) in [4.78, 5) is 20.3. The molecule has 8 heteroatoms. The first-order chi connectivity index (χ1) is 13.8. The Morgan fingerprint density at radius 3 is 2.50 bits per heavy atom. The molecule has 152 valence electrons. The minimum atomic E-state index is 0.358. The number of piperazine rings is 1. The maximum absolute atomic E-state index is 4.54. The standard InChI is InChI=1S/C20H31N7S/c1-4-25(5-2)18(17-7-14-28-16-17)15-24-19(21-3)26-10-12-27(13-11-26)20-22-8-6-9-23-20/h6-9,14,16,18H,4-5,10-13,15H2,1-3H3,(H,21,24). The van der Waals surface area contributed by atoms with Crippen LogP contribution in [0, 0.1) is 0 Å². The minimum absolute atomic E-state index is 0.358. The molecular weight excluding hydrogens is 370 g/mol. The molecule has 1 saturated heterocycles. The summed E-state index contributed by atoms with van der Waals surface area (Å²) in [5, 5.41) is 8.03. The molecule has 0 bridgehead atoms. The Bertz CT molecular complexity index is 707. The van der Waals surface area contributed by atoms with Gasteiger partial charge in [-0.25, -0.2) is 9.97 Å². The lowest BCUT2D eigenvalue weighted by Crippen LogP contribution is -2.53. The van der Waals surface area contributed by atoms with Crippen LogP contribution in [0.15, 0.2) is 40.3 Å². The Morgan fingerprint density at radius 2 is 1.93 bits per heavy atom. The zero-order chi connectivity index (χ0) is 19.8. The van der Waals surface area contributed by atoms with Gasteiger partial charge in [0.05, 0.1) is 6.04 Å². The highest BCUT2D eigenvalue weighted by molar-refractivity contribution is 7.07. The van der Waals surface area contributed by atoms with Crippen molar-refractivity contribution in [1.29, 1.82) is 0 Å². The van der Waals surface area contributed by atoms with Crippen molar-refractivity contribution in [3.05, 3.63) is 40.8 Å². The smallest absolute Gasteiger partial charge is 0.225 e. The molecule has 3 heterocycles. The quantitative estimate of drug-likeness (QED) is 0.568. The number of guanidine groups is 1. The summed E-state index contributed by atoms with van der Waals surface area (Å²) in [6.45, 7) is 11.0. The van der Waals surface area contributed by atoms with Gasteiger partial charge in [0.25, 0.3) is 0 Å². The molecule has 2 aromatic heterocycles. The third-order valence-corrected chi connectivity index (χ3v) is 5.96. The molecule has 28 heavy (non-hydrogen) atoms. The van der Waals surface area contributed by atoms with Crippen molar-refractivity contribution in [2.24, 2.45) is 4.99 Å². The lowest BCUT2D eigenvalue weighted by atomic mass is 10.1. The van der Waals surface area contributed by atoms with Crippen LogP contribution < -0.4 is 10.2 Å². The lowest BCUT2D eigenvalue weighted by molar-refractivity contribution is 0.217. The second-order valence-corrected chi connectivity index (χ2v) is 7.52. The first-order valence-electron chi connectivity index (χ1n) is 10.0. The fraction of sp³-hybridized carbons (Fsp3) is 0.550. The van der Waals surface area contributed by atoms with Crippen LogP contribution in [-0.2, 0) is 0 Å². The largest absolute Gasteiger partial charge is 0.354 e. The molecule has 1 aliphatic rings. The average molecular weight is 402 g/mol. The van der Waals surface area contributed by atoms with Crippen LogP contribution in [0.25, 0.3) is 0 Å². The van der Waals surface area contributed by atoms with E-state index in [0.717, 1.165) is 57.7 Å². The van der Waals surface area contributed by atoms with E-state index >= 15 is 0 Å². The first-order valence-corrected chi connectivity index (χ1v) is 10.9. The fourth-order valence-corrected chi connectivity index (χ4v) is 4.39. The topological polar surface area (TPSA) is 59.9 Å². The van der Waals surface area contributed by atoms with Gasteiger partial charge in [-0.15, -0.1) is 0 Å². The van der Waals surface area contributed by atoms with Crippen molar-refractivity contribution in [2.45, 2.75) is 19.9 Å². The van der Waals surface area contributed by atoms with Gasteiger partial charge in [-0.3, -0.25) is 9.89 Å². The predicted molar refractivity (Wildman–Crippen MR) is 117 cm³/mol. The number of hydrogen-bond acceptors (Lipinski definition) is 6. The van der Waals surface area contributed by atoms with Crippen molar-refractivity contribution in [1.82, 2.24) is 25.1 Å². The van der Waals surface area contributed by atoms with E-state index < -0.39 is 0 Å². The highest BCUT2D eigenvalue weighted by Crippen LogP contribution is 2.22. The summed E-state index contributed by atoms with van der Waals surface area (Å²) in [7, 11) is 1.87. The number of nitrogens with one attached hydrogen (secondary N) is 1. The van der Waals surface area contributed by atoms with Crippen LogP contribution in [0.5, 0.6) is 0 Å². The molecule has 1 unspecified atom stereocenters. The monoisotopic (exact) mass is 401 g/mol. The molecule has 1 fully saturated rings. The van der Waals surface area contributed by atoms with Gasteiger partial charge in [0.15, 0.2) is 5.96 Å². The number of aromatic nitrogens is 2. The van der Waals surface area contributed by atoms with E-state index in [1.54, 1.807) is 23.7 Å². The summed E-state index contributed by atoms with van der Waals surface area (Å²) in [6.07, 6.45) is 3.60. The van der Waals surface area contributed by atoms with Crippen molar-refractivity contribution in [3.63, 3.8) is 0 Å². The highest BCUT2D eigenvalue weighted by atomic mass is 32.1. The van der Waals surface area contributed by atoms with E-state index in [9.17, 15) is 0 Å². The minimum Gasteiger partial charge on any atom is -0.354 e. The second-order valence-electron chi connectivity index (χ2n) is 6.74. The van der Waals surface area contributed by atoms with Gasteiger partial charge < -0.3 is 15.1 Å². The van der Waals surface area contributed by atoms with Gasteiger partial charge in [0.1, 0.15) is 0 Å².